The third kappa shape index (κ3) is 2.68. The predicted molar refractivity (Wildman–Crippen MR) is 95.7 cm³/mol. The van der Waals surface area contributed by atoms with Crippen LogP contribution in [-0.4, -0.2) is 30.7 Å². The molecule has 0 N–H and O–H groups in total. The lowest BCUT2D eigenvalue weighted by Crippen LogP contribution is -2.41. The third-order valence-corrected chi connectivity index (χ3v) is 5.01. The second-order valence-electron chi connectivity index (χ2n) is 6.72. The highest BCUT2D eigenvalue weighted by Crippen LogP contribution is 2.36. The second kappa shape index (κ2) is 6.30. The van der Waals surface area contributed by atoms with Crippen LogP contribution in [-0.2, 0) is 4.79 Å². The van der Waals surface area contributed by atoms with Crippen LogP contribution in [0.3, 0.4) is 0 Å². The van der Waals surface area contributed by atoms with Gasteiger partial charge in [-0.2, -0.15) is 0 Å². The summed E-state index contributed by atoms with van der Waals surface area (Å²) < 4.78 is 5.26. The summed E-state index contributed by atoms with van der Waals surface area (Å²) in [6, 6.07) is 8.27. The smallest absolute Gasteiger partial charge is 0.234 e. The van der Waals surface area contributed by atoms with Gasteiger partial charge in [0.1, 0.15) is 5.76 Å². The molecule has 1 aliphatic rings. The molecule has 0 bridgehead atoms. The first-order valence-electron chi connectivity index (χ1n) is 8.47. The zero-order valence-electron chi connectivity index (χ0n) is 15.0. The molecule has 128 valence electrons. The first-order valence-corrected chi connectivity index (χ1v) is 8.47. The number of para-hydroxylation sites is 2. The number of benzene rings is 1. The van der Waals surface area contributed by atoms with E-state index >= 15 is 0 Å². The molecule has 5 heteroatoms. The fourth-order valence-corrected chi connectivity index (χ4v) is 3.63. The Balaban J connectivity index is 2.03. The first kappa shape index (κ1) is 16.6. The SMILES string of the molecule is Cc1noc(C)c1[C@H](C)C(=O)N1c2ccccc2N(C)CC[C@@H]1C. The number of hydrogen-bond donors (Lipinski definition) is 0. The average molecular weight is 327 g/mol. The molecule has 0 unspecified atom stereocenters. The lowest BCUT2D eigenvalue weighted by atomic mass is 9.96. The van der Waals surface area contributed by atoms with E-state index in [0.29, 0.717) is 0 Å². The van der Waals surface area contributed by atoms with Crippen molar-refractivity contribution in [3.05, 3.63) is 41.3 Å². The number of anilines is 2. The zero-order valence-corrected chi connectivity index (χ0v) is 15.0. The minimum atomic E-state index is -0.282. The average Bonchev–Trinajstić information content (AvgIpc) is 2.84. The molecule has 1 aliphatic heterocycles. The van der Waals surface area contributed by atoms with E-state index in [1.807, 2.05) is 43.9 Å². The van der Waals surface area contributed by atoms with Crippen molar-refractivity contribution in [3.63, 3.8) is 0 Å². The van der Waals surface area contributed by atoms with Gasteiger partial charge < -0.3 is 14.3 Å². The van der Waals surface area contributed by atoms with Gasteiger partial charge in [-0.25, -0.2) is 0 Å². The molecule has 2 heterocycles. The van der Waals surface area contributed by atoms with Crippen LogP contribution in [0.2, 0.25) is 0 Å². The number of amides is 1. The Kier molecular flexibility index (Phi) is 4.35. The molecule has 5 nitrogen and oxygen atoms in total. The Morgan fingerprint density at radius 3 is 2.58 bits per heavy atom. The Morgan fingerprint density at radius 1 is 1.29 bits per heavy atom. The highest BCUT2D eigenvalue weighted by molar-refractivity contribution is 6.01. The Labute approximate surface area is 143 Å². The summed E-state index contributed by atoms with van der Waals surface area (Å²) in [5.74, 6) is 0.538. The van der Waals surface area contributed by atoms with Crippen LogP contribution in [0.15, 0.2) is 28.8 Å². The summed E-state index contributed by atoms with van der Waals surface area (Å²) in [6.07, 6.45) is 0.936. The van der Waals surface area contributed by atoms with Crippen LogP contribution >= 0.6 is 0 Å². The molecule has 24 heavy (non-hydrogen) atoms. The highest BCUT2D eigenvalue weighted by Gasteiger charge is 2.33. The van der Waals surface area contributed by atoms with E-state index in [2.05, 4.69) is 30.1 Å². The van der Waals surface area contributed by atoms with Crippen LogP contribution < -0.4 is 9.80 Å². The van der Waals surface area contributed by atoms with Gasteiger partial charge in [-0.05, 0) is 46.2 Å². The minimum Gasteiger partial charge on any atom is -0.373 e. The van der Waals surface area contributed by atoms with Crippen LogP contribution in [0.4, 0.5) is 11.4 Å². The van der Waals surface area contributed by atoms with Crippen LogP contribution in [0.1, 0.15) is 43.2 Å². The summed E-state index contributed by atoms with van der Waals surface area (Å²) >= 11 is 0. The highest BCUT2D eigenvalue weighted by atomic mass is 16.5. The monoisotopic (exact) mass is 327 g/mol. The van der Waals surface area contributed by atoms with Crippen molar-refractivity contribution < 1.29 is 9.32 Å². The summed E-state index contributed by atoms with van der Waals surface area (Å²) in [7, 11) is 2.08. The molecule has 0 aliphatic carbocycles. The van der Waals surface area contributed by atoms with Crippen molar-refractivity contribution in [2.24, 2.45) is 0 Å². The molecule has 0 saturated heterocycles. The van der Waals surface area contributed by atoms with Gasteiger partial charge in [0.2, 0.25) is 5.91 Å². The maximum Gasteiger partial charge on any atom is 0.234 e. The Hall–Kier alpha value is -2.30. The molecule has 1 aromatic carbocycles. The normalized spacial score (nSPS) is 19.0. The summed E-state index contributed by atoms with van der Waals surface area (Å²) in [6.45, 7) is 8.75. The molecule has 0 fully saturated rings. The zero-order chi connectivity index (χ0) is 17.4. The maximum absolute atomic E-state index is 13.4. The van der Waals surface area contributed by atoms with E-state index < -0.39 is 0 Å². The van der Waals surface area contributed by atoms with Gasteiger partial charge >= 0.3 is 0 Å². The molecule has 3 rings (SSSR count). The van der Waals surface area contributed by atoms with Gasteiger partial charge in [0.15, 0.2) is 0 Å². The maximum atomic E-state index is 13.4. The number of carbonyl (C=O) groups is 1. The summed E-state index contributed by atoms with van der Waals surface area (Å²) in [5.41, 5.74) is 3.78. The third-order valence-electron chi connectivity index (χ3n) is 5.01. The fraction of sp³-hybridized carbons (Fsp3) is 0.474. The van der Waals surface area contributed by atoms with Gasteiger partial charge in [0, 0.05) is 25.2 Å². The summed E-state index contributed by atoms with van der Waals surface area (Å²) in [4.78, 5) is 17.5. The minimum absolute atomic E-state index is 0.0969. The predicted octanol–water partition coefficient (Wildman–Crippen LogP) is 3.66. The van der Waals surface area contributed by atoms with Gasteiger partial charge in [-0.15, -0.1) is 0 Å². The first-order chi connectivity index (χ1) is 11.4. The van der Waals surface area contributed by atoms with E-state index in [0.717, 1.165) is 41.4 Å². The van der Waals surface area contributed by atoms with Gasteiger partial charge in [0.25, 0.3) is 0 Å². The van der Waals surface area contributed by atoms with Crippen LogP contribution in [0.5, 0.6) is 0 Å². The summed E-state index contributed by atoms with van der Waals surface area (Å²) in [5, 5.41) is 4.00. The Morgan fingerprint density at radius 2 is 1.96 bits per heavy atom. The Bertz CT molecular complexity index is 733. The molecular weight excluding hydrogens is 302 g/mol. The van der Waals surface area contributed by atoms with Crippen molar-refractivity contribution in [2.45, 2.75) is 46.1 Å². The molecular formula is C19H25N3O2. The molecule has 2 aromatic rings. The number of aryl methyl sites for hydroxylation is 2. The van der Waals surface area contributed by atoms with Crippen LogP contribution in [0.25, 0.3) is 0 Å². The van der Waals surface area contributed by atoms with Crippen molar-refractivity contribution in [2.75, 3.05) is 23.4 Å². The standard InChI is InChI=1S/C19H25N3O2/c1-12-10-11-21(5)16-8-6-7-9-17(16)22(12)19(23)13(2)18-14(3)20-24-15(18)4/h6-9,12-13H,10-11H2,1-5H3/t12-,13-/m0/s1. The van der Waals surface area contributed by atoms with E-state index in [9.17, 15) is 4.79 Å². The molecule has 2 atom stereocenters. The molecule has 0 saturated carbocycles. The quantitative estimate of drug-likeness (QED) is 0.845. The van der Waals surface area contributed by atoms with Crippen molar-refractivity contribution >= 4 is 17.3 Å². The van der Waals surface area contributed by atoms with Gasteiger partial charge in [0.05, 0.1) is 23.0 Å². The van der Waals surface area contributed by atoms with Crippen molar-refractivity contribution in [3.8, 4) is 0 Å². The molecule has 1 amide bonds. The number of fused-ring (bicyclic) bond motifs is 1. The molecule has 1 aromatic heterocycles. The van der Waals surface area contributed by atoms with Crippen molar-refractivity contribution in [1.82, 2.24) is 5.16 Å². The number of carbonyl (C=O) groups excluding carboxylic acids is 1. The second-order valence-corrected chi connectivity index (χ2v) is 6.72. The number of nitrogens with zero attached hydrogens (tertiary/aromatic N) is 3. The lowest BCUT2D eigenvalue weighted by molar-refractivity contribution is -0.120. The number of hydrogen-bond acceptors (Lipinski definition) is 4. The van der Waals surface area contributed by atoms with E-state index in [1.165, 1.54) is 0 Å². The van der Waals surface area contributed by atoms with E-state index in [4.69, 9.17) is 4.52 Å². The topological polar surface area (TPSA) is 49.6 Å². The molecule has 0 radical (unpaired) electrons. The molecule has 0 spiro atoms. The van der Waals surface area contributed by atoms with Crippen molar-refractivity contribution in [1.29, 1.82) is 0 Å². The fourth-order valence-electron chi connectivity index (χ4n) is 3.63. The number of rotatable bonds is 2. The van der Waals surface area contributed by atoms with E-state index in [-0.39, 0.29) is 17.9 Å². The van der Waals surface area contributed by atoms with E-state index in [1.54, 1.807) is 0 Å². The number of aromatic nitrogens is 1. The largest absolute Gasteiger partial charge is 0.373 e. The van der Waals surface area contributed by atoms with Crippen LogP contribution in [0, 0.1) is 13.8 Å². The lowest BCUT2D eigenvalue weighted by Gasteiger charge is -2.31. The van der Waals surface area contributed by atoms with Gasteiger partial charge in [-0.3, -0.25) is 4.79 Å². The van der Waals surface area contributed by atoms with Gasteiger partial charge in [-0.1, -0.05) is 17.3 Å².